The number of azo groups is 1. The Hall–Kier alpha value is -4.56. The number of carbonyl (C=O) groups excluding carboxylic acids is 1. The van der Waals surface area contributed by atoms with Crippen LogP contribution >= 0.6 is 11.3 Å². The summed E-state index contributed by atoms with van der Waals surface area (Å²) in [7, 11) is 1.82. The van der Waals surface area contributed by atoms with Gasteiger partial charge >= 0.3 is 0 Å². The molecule has 7 nitrogen and oxygen atoms in total. The maximum atomic E-state index is 13.3. The van der Waals surface area contributed by atoms with E-state index in [2.05, 4.69) is 15.5 Å². The van der Waals surface area contributed by atoms with Crippen molar-refractivity contribution in [3.05, 3.63) is 123 Å². The molecule has 0 saturated carbocycles. The summed E-state index contributed by atoms with van der Waals surface area (Å²) >= 11 is 1.33. The van der Waals surface area contributed by atoms with Crippen LogP contribution in [0.5, 0.6) is 0 Å². The SMILES string of the molecule is Cc1c(C(=O)c2ccccc2)sc(Nc2ccccc2)c1N=Nc1c(C)n(C)n(-c2ccccc2)c1=O. The van der Waals surface area contributed by atoms with E-state index in [4.69, 9.17) is 0 Å². The number of rotatable bonds is 7. The number of benzene rings is 3. The molecule has 0 spiro atoms. The van der Waals surface area contributed by atoms with E-state index in [9.17, 15) is 9.59 Å². The number of aromatic nitrogens is 2. The van der Waals surface area contributed by atoms with Crippen LogP contribution in [0.25, 0.3) is 5.69 Å². The minimum atomic E-state index is -0.263. The fraction of sp³-hybridized carbons (Fsp3) is 0.103. The molecule has 2 heterocycles. The zero-order valence-corrected chi connectivity index (χ0v) is 21.5. The van der Waals surface area contributed by atoms with E-state index in [-0.39, 0.29) is 17.0 Å². The highest BCUT2D eigenvalue weighted by Gasteiger charge is 2.22. The van der Waals surface area contributed by atoms with E-state index in [1.54, 1.807) is 21.5 Å². The molecular formula is C29H25N5O2S. The van der Waals surface area contributed by atoms with E-state index in [0.29, 0.717) is 32.4 Å². The van der Waals surface area contributed by atoms with E-state index in [1.807, 2.05) is 99.8 Å². The van der Waals surface area contributed by atoms with Gasteiger partial charge in [0.05, 0.1) is 16.3 Å². The molecule has 0 atom stereocenters. The lowest BCUT2D eigenvalue weighted by molar-refractivity contribution is 0.104. The molecule has 0 fully saturated rings. The lowest BCUT2D eigenvalue weighted by atomic mass is 10.1. The van der Waals surface area contributed by atoms with Gasteiger partial charge in [-0.1, -0.05) is 66.7 Å². The zero-order chi connectivity index (χ0) is 25.9. The normalized spacial score (nSPS) is 11.2. The summed E-state index contributed by atoms with van der Waals surface area (Å²) in [5.41, 5.74) is 4.11. The van der Waals surface area contributed by atoms with Crippen LogP contribution in [0.3, 0.4) is 0 Å². The van der Waals surface area contributed by atoms with Crippen molar-refractivity contribution >= 4 is 39.2 Å². The van der Waals surface area contributed by atoms with Gasteiger partial charge in [-0.05, 0) is 38.1 Å². The van der Waals surface area contributed by atoms with Gasteiger partial charge in [-0.3, -0.25) is 14.3 Å². The molecule has 0 amide bonds. The third kappa shape index (κ3) is 4.66. The number of hydrogen-bond acceptors (Lipinski definition) is 6. The maximum Gasteiger partial charge on any atom is 0.299 e. The predicted molar refractivity (Wildman–Crippen MR) is 149 cm³/mol. The maximum absolute atomic E-state index is 13.3. The highest BCUT2D eigenvalue weighted by Crippen LogP contribution is 2.43. The summed E-state index contributed by atoms with van der Waals surface area (Å²) in [5, 5.41) is 13.0. The first-order chi connectivity index (χ1) is 18.0. The minimum Gasteiger partial charge on any atom is -0.345 e. The standard InChI is InChI=1S/C29H25N5O2S/c1-19-24(31-32-25-20(2)33(3)34(29(25)36)23-17-11-6-12-18-23)28(30-22-15-9-5-10-16-22)37-27(19)26(35)21-13-7-4-8-14-21/h4-18,30H,1-3H3. The second-order valence-electron chi connectivity index (χ2n) is 8.53. The topological polar surface area (TPSA) is 80.8 Å². The van der Waals surface area contributed by atoms with E-state index >= 15 is 0 Å². The second-order valence-corrected chi connectivity index (χ2v) is 9.55. The molecule has 37 heavy (non-hydrogen) atoms. The molecule has 2 aromatic heterocycles. The van der Waals surface area contributed by atoms with Gasteiger partial charge in [0.15, 0.2) is 5.69 Å². The average molecular weight is 508 g/mol. The number of nitrogens with one attached hydrogen (secondary N) is 1. The molecule has 184 valence electrons. The van der Waals surface area contributed by atoms with Crippen LogP contribution in [-0.2, 0) is 7.05 Å². The molecule has 0 aliphatic rings. The number of hydrogen-bond donors (Lipinski definition) is 1. The second kappa shape index (κ2) is 10.2. The highest BCUT2D eigenvalue weighted by atomic mass is 32.1. The molecule has 0 radical (unpaired) electrons. The van der Waals surface area contributed by atoms with Crippen molar-refractivity contribution in [1.29, 1.82) is 0 Å². The van der Waals surface area contributed by atoms with Crippen molar-refractivity contribution in [2.75, 3.05) is 5.32 Å². The van der Waals surface area contributed by atoms with E-state index in [0.717, 1.165) is 11.4 Å². The molecule has 5 rings (SSSR count). The first-order valence-corrected chi connectivity index (χ1v) is 12.6. The van der Waals surface area contributed by atoms with Crippen molar-refractivity contribution in [3.8, 4) is 5.69 Å². The van der Waals surface area contributed by atoms with Crippen molar-refractivity contribution in [2.45, 2.75) is 13.8 Å². The summed E-state index contributed by atoms with van der Waals surface area (Å²) in [6.07, 6.45) is 0. The fourth-order valence-corrected chi connectivity index (χ4v) is 5.19. The van der Waals surface area contributed by atoms with Gasteiger partial charge in [-0.15, -0.1) is 21.6 Å². The summed E-state index contributed by atoms with van der Waals surface area (Å²) < 4.78 is 3.33. The van der Waals surface area contributed by atoms with E-state index in [1.165, 1.54) is 11.3 Å². The Morgan fingerprint density at radius 2 is 1.38 bits per heavy atom. The fourth-order valence-electron chi connectivity index (χ4n) is 4.07. The largest absolute Gasteiger partial charge is 0.345 e. The Kier molecular flexibility index (Phi) is 6.66. The summed E-state index contributed by atoms with van der Waals surface area (Å²) in [6, 6.07) is 28.2. The molecule has 0 saturated heterocycles. The Labute approximate surface area is 218 Å². The Morgan fingerprint density at radius 3 is 2.03 bits per heavy atom. The van der Waals surface area contributed by atoms with Crippen molar-refractivity contribution in [2.24, 2.45) is 17.3 Å². The minimum absolute atomic E-state index is 0.0806. The Balaban J connectivity index is 1.60. The van der Waals surface area contributed by atoms with Gasteiger partial charge in [0, 0.05) is 23.9 Å². The first-order valence-electron chi connectivity index (χ1n) is 11.8. The van der Waals surface area contributed by atoms with Crippen LogP contribution in [0, 0.1) is 13.8 Å². The number of ketones is 1. The van der Waals surface area contributed by atoms with Gasteiger partial charge in [0.25, 0.3) is 5.56 Å². The summed E-state index contributed by atoms with van der Waals surface area (Å²) in [5.74, 6) is -0.0806. The molecule has 0 bridgehead atoms. The smallest absolute Gasteiger partial charge is 0.299 e. The van der Waals surface area contributed by atoms with Crippen LogP contribution in [0.2, 0.25) is 0 Å². The van der Waals surface area contributed by atoms with Crippen molar-refractivity contribution in [3.63, 3.8) is 0 Å². The molecule has 0 aliphatic heterocycles. The number of carbonyl (C=O) groups is 1. The third-order valence-corrected chi connectivity index (χ3v) is 7.36. The predicted octanol–water partition coefficient (Wildman–Crippen LogP) is 7.24. The number of thiophene rings is 1. The van der Waals surface area contributed by atoms with Crippen LogP contribution in [-0.4, -0.2) is 15.1 Å². The Bertz CT molecular complexity index is 1650. The van der Waals surface area contributed by atoms with Crippen LogP contribution in [0.1, 0.15) is 26.5 Å². The first kappa shape index (κ1) is 24.1. The molecular weight excluding hydrogens is 482 g/mol. The zero-order valence-electron chi connectivity index (χ0n) is 20.7. The highest BCUT2D eigenvalue weighted by molar-refractivity contribution is 7.19. The lowest BCUT2D eigenvalue weighted by Gasteiger charge is -2.07. The molecule has 1 N–H and O–H groups in total. The molecule has 5 aromatic rings. The number of para-hydroxylation sites is 2. The van der Waals surface area contributed by atoms with Gasteiger partial charge in [-0.2, -0.15) is 0 Å². The van der Waals surface area contributed by atoms with E-state index < -0.39 is 0 Å². The van der Waals surface area contributed by atoms with Crippen LogP contribution in [0.4, 0.5) is 22.1 Å². The average Bonchev–Trinajstić information content (AvgIpc) is 3.35. The monoisotopic (exact) mass is 507 g/mol. The number of nitrogens with zero attached hydrogens (tertiary/aromatic N) is 4. The molecule has 0 aliphatic carbocycles. The van der Waals surface area contributed by atoms with Gasteiger partial charge in [0.1, 0.15) is 10.7 Å². The number of anilines is 2. The molecule has 3 aromatic carbocycles. The molecule has 8 heteroatoms. The van der Waals surface area contributed by atoms with Gasteiger partial charge < -0.3 is 5.32 Å². The summed E-state index contributed by atoms with van der Waals surface area (Å²) in [4.78, 5) is 27.2. The van der Waals surface area contributed by atoms with Crippen LogP contribution < -0.4 is 10.9 Å². The van der Waals surface area contributed by atoms with Crippen molar-refractivity contribution < 1.29 is 4.79 Å². The van der Waals surface area contributed by atoms with Gasteiger partial charge in [0.2, 0.25) is 5.78 Å². The summed E-state index contributed by atoms with van der Waals surface area (Å²) in [6.45, 7) is 3.69. The quantitative estimate of drug-likeness (QED) is 0.186. The van der Waals surface area contributed by atoms with Gasteiger partial charge in [-0.25, -0.2) is 4.68 Å². The lowest BCUT2D eigenvalue weighted by Crippen LogP contribution is -2.19. The third-order valence-electron chi connectivity index (χ3n) is 6.16. The Morgan fingerprint density at radius 1 is 0.811 bits per heavy atom. The van der Waals surface area contributed by atoms with Crippen LogP contribution in [0.15, 0.2) is 106 Å². The van der Waals surface area contributed by atoms with Crippen molar-refractivity contribution in [1.82, 2.24) is 9.36 Å². The molecule has 0 unspecified atom stereocenters.